The molecule has 1 saturated heterocycles. The molecule has 1 fully saturated rings. The average molecular weight is 448 g/mol. The number of hydrogen-bond acceptors (Lipinski definition) is 5. The van der Waals surface area contributed by atoms with Crippen molar-refractivity contribution in [1.29, 1.82) is 0 Å². The number of benzene rings is 2. The third-order valence-corrected chi connectivity index (χ3v) is 6.60. The molecule has 0 radical (unpaired) electrons. The Bertz CT molecular complexity index is 1200. The number of ether oxygens (including phenoxy) is 1. The molecular weight excluding hydrogens is 418 g/mol. The molecule has 0 aliphatic carbocycles. The summed E-state index contributed by atoms with van der Waals surface area (Å²) < 4.78 is 5.67. The van der Waals surface area contributed by atoms with Crippen molar-refractivity contribution in [2.45, 2.75) is 32.4 Å². The van der Waals surface area contributed by atoms with E-state index in [4.69, 9.17) is 4.74 Å². The summed E-state index contributed by atoms with van der Waals surface area (Å²) in [4.78, 5) is 30.0. The van der Waals surface area contributed by atoms with Crippen LogP contribution in [0, 0.1) is 6.92 Å². The molecule has 2 amide bonds. The minimum Gasteiger partial charge on any atom is -0.493 e. The van der Waals surface area contributed by atoms with Crippen LogP contribution < -0.4 is 10.1 Å². The van der Waals surface area contributed by atoms with Crippen molar-refractivity contribution in [3.63, 3.8) is 0 Å². The van der Waals surface area contributed by atoms with Crippen LogP contribution in [0.25, 0.3) is 10.9 Å². The first kappa shape index (κ1) is 21.5. The van der Waals surface area contributed by atoms with Crippen LogP contribution in [0.3, 0.4) is 0 Å². The van der Waals surface area contributed by atoms with E-state index in [-0.39, 0.29) is 11.8 Å². The van der Waals surface area contributed by atoms with Gasteiger partial charge in [0.15, 0.2) is 5.69 Å². The maximum atomic E-state index is 13.3. The smallest absolute Gasteiger partial charge is 0.275 e. The van der Waals surface area contributed by atoms with E-state index in [1.807, 2.05) is 49.2 Å². The number of nitrogens with one attached hydrogen (secondary N) is 2. The summed E-state index contributed by atoms with van der Waals surface area (Å²) in [7, 11) is 1.93. The third kappa shape index (κ3) is 4.30. The molecule has 1 atom stereocenters. The maximum absolute atomic E-state index is 13.3. The molecule has 0 bridgehead atoms. The second kappa shape index (κ2) is 8.86. The minimum absolute atomic E-state index is 0.0771. The van der Waals surface area contributed by atoms with E-state index in [2.05, 4.69) is 21.6 Å². The van der Waals surface area contributed by atoms with Gasteiger partial charge in [0.2, 0.25) is 5.91 Å². The maximum Gasteiger partial charge on any atom is 0.275 e. The van der Waals surface area contributed by atoms with Gasteiger partial charge in [-0.3, -0.25) is 19.6 Å². The number of carbonyl (C=O) groups is 2. The number of H-pyrrole nitrogens is 1. The largest absolute Gasteiger partial charge is 0.493 e. The summed E-state index contributed by atoms with van der Waals surface area (Å²) in [5, 5.41) is 11.1. The molecule has 2 aliphatic rings. The Balaban J connectivity index is 1.26. The van der Waals surface area contributed by atoms with E-state index < -0.39 is 6.04 Å². The summed E-state index contributed by atoms with van der Waals surface area (Å²) in [6, 6.07) is 11.6. The van der Waals surface area contributed by atoms with Crippen molar-refractivity contribution >= 4 is 22.7 Å². The minimum atomic E-state index is -0.407. The molecule has 1 unspecified atom stereocenters. The lowest BCUT2D eigenvalue weighted by molar-refractivity contribution is -0.127. The van der Waals surface area contributed by atoms with Crippen LogP contribution in [0.4, 0.5) is 0 Å². The number of carbonyl (C=O) groups excluding carboxylic acids is 2. The van der Waals surface area contributed by atoms with E-state index in [0.717, 1.165) is 47.2 Å². The van der Waals surface area contributed by atoms with Gasteiger partial charge in [0.05, 0.1) is 12.1 Å². The van der Waals surface area contributed by atoms with Crippen LogP contribution in [-0.2, 0) is 17.8 Å². The van der Waals surface area contributed by atoms with Gasteiger partial charge in [0.1, 0.15) is 11.8 Å². The fraction of sp³-hybridized carbons (Fsp3) is 0.400. The van der Waals surface area contributed by atoms with E-state index >= 15 is 0 Å². The predicted molar refractivity (Wildman–Crippen MR) is 125 cm³/mol. The number of rotatable bonds is 4. The normalized spacial score (nSPS) is 18.6. The summed E-state index contributed by atoms with van der Waals surface area (Å²) in [6.45, 7) is 4.73. The predicted octanol–water partition coefficient (Wildman–Crippen LogP) is 2.27. The fourth-order valence-corrected chi connectivity index (χ4v) is 4.61. The van der Waals surface area contributed by atoms with Crippen molar-refractivity contribution in [2.75, 3.05) is 33.3 Å². The van der Waals surface area contributed by atoms with Gasteiger partial charge in [-0.2, -0.15) is 5.10 Å². The van der Waals surface area contributed by atoms with Crippen molar-refractivity contribution in [2.24, 2.45) is 0 Å². The molecule has 5 rings (SSSR count). The number of aryl methyl sites for hydroxylation is 2. The molecule has 0 spiro atoms. The highest BCUT2D eigenvalue weighted by Crippen LogP contribution is 2.25. The molecule has 3 aromatic rings. The van der Waals surface area contributed by atoms with Gasteiger partial charge in [-0.25, -0.2) is 0 Å². The number of hydrogen-bond donors (Lipinski definition) is 2. The molecular formula is C25H29N5O3. The quantitative estimate of drug-likeness (QED) is 0.640. The Kier molecular flexibility index (Phi) is 5.76. The van der Waals surface area contributed by atoms with E-state index in [0.29, 0.717) is 31.9 Å². The van der Waals surface area contributed by atoms with Crippen LogP contribution in [0.2, 0.25) is 0 Å². The number of likely N-dealkylation sites (N-methyl/N-ethyl adjacent to an activating group) is 1. The van der Waals surface area contributed by atoms with Crippen LogP contribution >= 0.6 is 0 Å². The highest BCUT2D eigenvalue weighted by molar-refractivity contribution is 6.05. The van der Waals surface area contributed by atoms with Crippen molar-refractivity contribution in [1.82, 2.24) is 25.3 Å². The number of nitrogens with zero attached hydrogens (tertiary/aromatic N) is 3. The highest BCUT2D eigenvalue weighted by atomic mass is 16.5. The average Bonchev–Trinajstić information content (AvgIpc) is 3.25. The third-order valence-electron chi connectivity index (χ3n) is 6.60. The zero-order valence-electron chi connectivity index (χ0n) is 19.1. The van der Waals surface area contributed by atoms with Gasteiger partial charge >= 0.3 is 0 Å². The number of fused-ring (bicyclic) bond motifs is 2. The molecule has 33 heavy (non-hydrogen) atoms. The Morgan fingerprint density at radius 2 is 2.09 bits per heavy atom. The topological polar surface area (TPSA) is 90.6 Å². The van der Waals surface area contributed by atoms with Crippen LogP contribution in [0.1, 0.15) is 33.6 Å². The van der Waals surface area contributed by atoms with E-state index in [9.17, 15) is 9.59 Å². The van der Waals surface area contributed by atoms with Gasteiger partial charge in [-0.05, 0) is 56.1 Å². The lowest BCUT2D eigenvalue weighted by Crippen LogP contribution is -2.58. The van der Waals surface area contributed by atoms with Gasteiger partial charge < -0.3 is 15.0 Å². The Morgan fingerprint density at radius 3 is 2.97 bits per heavy atom. The Labute approximate surface area is 192 Å². The molecule has 172 valence electrons. The number of amides is 2. The van der Waals surface area contributed by atoms with Crippen LogP contribution in [0.15, 0.2) is 36.4 Å². The monoisotopic (exact) mass is 447 g/mol. The fourth-order valence-electron chi connectivity index (χ4n) is 4.61. The summed E-state index contributed by atoms with van der Waals surface area (Å²) in [6.07, 6.45) is 2.02. The first-order chi connectivity index (χ1) is 16.0. The summed E-state index contributed by atoms with van der Waals surface area (Å²) >= 11 is 0. The molecule has 0 saturated carbocycles. The standard InChI is InChI=1S/C25H29N5O3/c1-16-5-7-20-19(12-16)23(28-27-20)25(32)30-10-9-29(2)21(15-30)24(31)26-14-17-6-8-22-18(13-17)4-3-11-33-22/h5-8,12-13,21H,3-4,9-11,14-15H2,1-2H3,(H,26,31)(H,27,28). The van der Waals surface area contributed by atoms with E-state index in [1.165, 1.54) is 5.56 Å². The Morgan fingerprint density at radius 1 is 1.21 bits per heavy atom. The first-order valence-electron chi connectivity index (χ1n) is 11.5. The molecule has 1 aromatic heterocycles. The van der Waals surface area contributed by atoms with Crippen molar-refractivity contribution in [3.05, 3.63) is 58.8 Å². The van der Waals surface area contributed by atoms with Gasteiger partial charge in [-0.1, -0.05) is 23.8 Å². The molecule has 2 aromatic carbocycles. The lowest BCUT2D eigenvalue weighted by Gasteiger charge is -2.38. The second-order valence-corrected chi connectivity index (χ2v) is 8.98. The summed E-state index contributed by atoms with van der Waals surface area (Å²) in [5.41, 5.74) is 4.57. The van der Waals surface area contributed by atoms with Crippen LogP contribution in [-0.4, -0.2) is 71.1 Å². The second-order valence-electron chi connectivity index (χ2n) is 8.98. The van der Waals surface area contributed by atoms with Crippen molar-refractivity contribution in [3.8, 4) is 5.75 Å². The van der Waals surface area contributed by atoms with Gasteiger partial charge in [0.25, 0.3) is 5.91 Å². The lowest BCUT2D eigenvalue weighted by atomic mass is 10.0. The highest BCUT2D eigenvalue weighted by Gasteiger charge is 2.33. The zero-order chi connectivity index (χ0) is 22.9. The van der Waals surface area contributed by atoms with E-state index in [1.54, 1.807) is 4.90 Å². The molecule has 3 heterocycles. The molecule has 2 N–H and O–H groups in total. The SMILES string of the molecule is Cc1ccc2[nH]nc(C(=O)N3CCN(C)C(C(=O)NCc4ccc5c(c4)CCCO5)C3)c2c1. The van der Waals surface area contributed by atoms with Crippen LogP contribution in [0.5, 0.6) is 5.75 Å². The summed E-state index contributed by atoms with van der Waals surface area (Å²) in [5.74, 6) is 0.720. The van der Waals surface area contributed by atoms with Gasteiger partial charge in [0, 0.05) is 31.6 Å². The zero-order valence-corrected chi connectivity index (χ0v) is 19.1. The first-order valence-corrected chi connectivity index (χ1v) is 11.5. The molecule has 8 nitrogen and oxygen atoms in total. The van der Waals surface area contributed by atoms with Crippen molar-refractivity contribution < 1.29 is 14.3 Å². The molecule has 8 heteroatoms. The number of aromatic amines is 1. The number of aromatic nitrogens is 2. The number of piperazine rings is 1. The molecule has 2 aliphatic heterocycles. The van der Waals surface area contributed by atoms with Gasteiger partial charge in [-0.15, -0.1) is 0 Å². The Hall–Kier alpha value is -3.39.